The van der Waals surface area contributed by atoms with E-state index in [1.165, 1.54) is 0 Å². The van der Waals surface area contributed by atoms with Gasteiger partial charge >= 0.3 is 6.03 Å². The molecule has 0 unspecified atom stereocenters. The van der Waals surface area contributed by atoms with Crippen LogP contribution in [-0.4, -0.2) is 39.3 Å². The number of nitrogens with one attached hydrogen (secondary N) is 1. The molecule has 170 valence electrons. The van der Waals surface area contributed by atoms with Crippen molar-refractivity contribution in [3.63, 3.8) is 0 Å². The first-order valence-electron chi connectivity index (χ1n) is 11.2. The monoisotopic (exact) mass is 443 g/mol. The largest absolute Gasteiger partial charge is 0.344 e. The third-order valence-electron chi connectivity index (χ3n) is 6.46. The Balaban J connectivity index is 1.46. The van der Waals surface area contributed by atoms with E-state index in [1.54, 1.807) is 6.92 Å². The van der Waals surface area contributed by atoms with Crippen molar-refractivity contribution in [2.75, 3.05) is 6.54 Å². The Kier molecular flexibility index (Phi) is 6.18. The molecular formula is C27H29N3O3. The Bertz CT molecular complexity index is 1180. The molecule has 1 saturated heterocycles. The van der Waals surface area contributed by atoms with Gasteiger partial charge < -0.3 is 9.88 Å². The molecular weight excluding hydrogens is 414 g/mol. The second kappa shape index (κ2) is 9.06. The summed E-state index contributed by atoms with van der Waals surface area (Å²) in [6, 6.07) is 21.2. The molecule has 1 aliphatic heterocycles. The third kappa shape index (κ3) is 4.60. The minimum atomic E-state index is -1.02. The Morgan fingerprint density at radius 1 is 0.939 bits per heavy atom. The SMILES string of the molecule is Cc1cc(C(=O)CN2C(=O)N[C@](C)(CCc3ccccc3)C2=O)c(C)n1Cc1ccccc1. The number of amides is 3. The minimum absolute atomic E-state index is 0.238. The summed E-state index contributed by atoms with van der Waals surface area (Å²) >= 11 is 0. The smallest absolute Gasteiger partial charge is 0.325 e. The summed E-state index contributed by atoms with van der Waals surface area (Å²) in [5.74, 6) is -0.590. The van der Waals surface area contributed by atoms with Crippen molar-refractivity contribution >= 4 is 17.7 Å². The number of nitrogens with zero attached hydrogens (tertiary/aromatic N) is 2. The van der Waals surface area contributed by atoms with Gasteiger partial charge in [-0.25, -0.2) is 4.79 Å². The van der Waals surface area contributed by atoms with Crippen LogP contribution < -0.4 is 5.32 Å². The van der Waals surface area contributed by atoms with E-state index in [9.17, 15) is 14.4 Å². The molecule has 0 bridgehead atoms. The van der Waals surface area contributed by atoms with Crippen LogP contribution in [0.15, 0.2) is 66.7 Å². The van der Waals surface area contributed by atoms with E-state index in [0.29, 0.717) is 24.9 Å². The normalized spacial score (nSPS) is 18.0. The van der Waals surface area contributed by atoms with Gasteiger partial charge in [-0.1, -0.05) is 60.7 Å². The van der Waals surface area contributed by atoms with E-state index in [-0.39, 0.29) is 18.2 Å². The number of aryl methyl sites for hydroxylation is 2. The van der Waals surface area contributed by atoms with Crippen LogP contribution in [0.3, 0.4) is 0 Å². The van der Waals surface area contributed by atoms with Crippen LogP contribution in [0.25, 0.3) is 0 Å². The maximum Gasteiger partial charge on any atom is 0.325 e. The highest BCUT2D eigenvalue weighted by atomic mass is 16.2. The fourth-order valence-electron chi connectivity index (χ4n) is 4.42. The zero-order valence-corrected chi connectivity index (χ0v) is 19.3. The molecule has 1 N–H and O–H groups in total. The number of carbonyl (C=O) groups excluding carboxylic acids is 3. The molecule has 6 nitrogen and oxygen atoms in total. The average Bonchev–Trinajstić information content (AvgIpc) is 3.21. The molecule has 6 heteroatoms. The number of imide groups is 1. The molecule has 0 saturated carbocycles. The Hall–Kier alpha value is -3.67. The fourth-order valence-corrected chi connectivity index (χ4v) is 4.42. The second-order valence-electron chi connectivity index (χ2n) is 8.92. The molecule has 1 aliphatic rings. The number of ketones is 1. The van der Waals surface area contributed by atoms with E-state index >= 15 is 0 Å². The van der Waals surface area contributed by atoms with Gasteiger partial charge in [-0.05, 0) is 50.8 Å². The predicted molar refractivity (Wildman–Crippen MR) is 127 cm³/mol. The first kappa shape index (κ1) is 22.5. The van der Waals surface area contributed by atoms with Crippen LogP contribution in [-0.2, 0) is 17.8 Å². The van der Waals surface area contributed by atoms with E-state index in [1.807, 2.05) is 80.6 Å². The van der Waals surface area contributed by atoms with Crippen molar-refractivity contribution in [1.29, 1.82) is 0 Å². The number of carbonyl (C=O) groups is 3. The van der Waals surface area contributed by atoms with Gasteiger partial charge in [0, 0.05) is 23.5 Å². The summed E-state index contributed by atoms with van der Waals surface area (Å²) in [6.45, 7) is 5.99. The lowest BCUT2D eigenvalue weighted by atomic mass is 9.93. The average molecular weight is 444 g/mol. The van der Waals surface area contributed by atoms with Crippen molar-refractivity contribution in [2.24, 2.45) is 0 Å². The molecule has 2 heterocycles. The summed E-state index contributed by atoms with van der Waals surface area (Å²) in [5, 5.41) is 2.80. The summed E-state index contributed by atoms with van der Waals surface area (Å²) < 4.78 is 2.08. The van der Waals surface area contributed by atoms with Crippen LogP contribution in [0.1, 0.15) is 46.2 Å². The molecule has 2 aromatic carbocycles. The standard InChI is InChI=1S/C27H29N3O3/c1-19-16-23(20(2)29(19)17-22-12-8-5-9-13-22)24(31)18-30-25(32)27(3,28-26(30)33)15-14-21-10-6-4-7-11-21/h4-13,16H,14-15,17-18H2,1-3H3,(H,28,33)/t27-/m1/s1. The third-order valence-corrected chi connectivity index (χ3v) is 6.46. The number of aromatic nitrogens is 1. The van der Waals surface area contributed by atoms with Crippen molar-refractivity contribution in [3.8, 4) is 0 Å². The van der Waals surface area contributed by atoms with E-state index < -0.39 is 11.6 Å². The molecule has 3 amide bonds. The van der Waals surface area contributed by atoms with Gasteiger partial charge in [0.1, 0.15) is 5.54 Å². The number of hydrogen-bond acceptors (Lipinski definition) is 3. The zero-order valence-electron chi connectivity index (χ0n) is 19.3. The van der Waals surface area contributed by atoms with Crippen LogP contribution in [0.5, 0.6) is 0 Å². The topological polar surface area (TPSA) is 71.4 Å². The van der Waals surface area contributed by atoms with Crippen LogP contribution in [0.2, 0.25) is 0 Å². The van der Waals surface area contributed by atoms with Gasteiger partial charge in [0.25, 0.3) is 5.91 Å². The summed E-state index contributed by atoms with van der Waals surface area (Å²) in [4.78, 5) is 39.9. The quantitative estimate of drug-likeness (QED) is 0.417. The maximum absolute atomic E-state index is 13.1. The van der Waals surface area contributed by atoms with E-state index in [2.05, 4.69) is 9.88 Å². The molecule has 0 radical (unpaired) electrons. The lowest BCUT2D eigenvalue weighted by Gasteiger charge is -2.21. The van der Waals surface area contributed by atoms with Crippen LogP contribution in [0.4, 0.5) is 4.79 Å². The fraction of sp³-hybridized carbons (Fsp3) is 0.296. The highest BCUT2D eigenvalue weighted by Gasteiger charge is 2.48. The lowest BCUT2D eigenvalue weighted by Crippen LogP contribution is -2.44. The number of Topliss-reactive ketones (excluding diaryl/α,β-unsaturated/α-hetero) is 1. The van der Waals surface area contributed by atoms with Gasteiger partial charge in [-0.3, -0.25) is 14.5 Å². The van der Waals surface area contributed by atoms with Gasteiger partial charge in [0.05, 0.1) is 6.54 Å². The summed E-state index contributed by atoms with van der Waals surface area (Å²) in [7, 11) is 0. The minimum Gasteiger partial charge on any atom is -0.344 e. The number of benzene rings is 2. The van der Waals surface area contributed by atoms with E-state index in [0.717, 1.165) is 27.4 Å². The summed E-state index contributed by atoms with van der Waals surface area (Å²) in [5.41, 5.74) is 3.56. The predicted octanol–water partition coefficient (Wildman–Crippen LogP) is 4.28. The Morgan fingerprint density at radius 2 is 1.55 bits per heavy atom. The highest BCUT2D eigenvalue weighted by molar-refractivity contribution is 6.11. The maximum atomic E-state index is 13.1. The van der Waals surface area contributed by atoms with Gasteiger partial charge in [0.2, 0.25) is 0 Å². The zero-order chi connectivity index (χ0) is 23.6. The van der Waals surface area contributed by atoms with Crippen molar-refractivity contribution in [3.05, 3.63) is 94.8 Å². The molecule has 0 aliphatic carbocycles. The number of rotatable bonds is 8. The number of urea groups is 1. The Morgan fingerprint density at radius 3 is 2.18 bits per heavy atom. The molecule has 1 atom stereocenters. The lowest BCUT2D eigenvalue weighted by molar-refractivity contribution is -0.130. The van der Waals surface area contributed by atoms with Crippen molar-refractivity contribution in [1.82, 2.24) is 14.8 Å². The van der Waals surface area contributed by atoms with Gasteiger partial charge in [0.15, 0.2) is 5.78 Å². The van der Waals surface area contributed by atoms with Crippen molar-refractivity contribution < 1.29 is 14.4 Å². The molecule has 3 aromatic rings. The Labute approximate surface area is 194 Å². The first-order valence-corrected chi connectivity index (χ1v) is 11.2. The molecule has 0 spiro atoms. The number of hydrogen-bond donors (Lipinski definition) is 1. The van der Waals surface area contributed by atoms with Gasteiger partial charge in [-0.15, -0.1) is 0 Å². The summed E-state index contributed by atoms with van der Waals surface area (Å²) in [6.07, 6.45) is 1.13. The molecule has 33 heavy (non-hydrogen) atoms. The molecule has 1 fully saturated rings. The second-order valence-corrected chi connectivity index (χ2v) is 8.92. The van der Waals surface area contributed by atoms with Gasteiger partial charge in [-0.2, -0.15) is 0 Å². The highest BCUT2D eigenvalue weighted by Crippen LogP contribution is 2.25. The van der Waals surface area contributed by atoms with Crippen LogP contribution in [0, 0.1) is 13.8 Å². The molecule has 1 aromatic heterocycles. The first-order chi connectivity index (χ1) is 15.8. The van der Waals surface area contributed by atoms with Crippen LogP contribution >= 0.6 is 0 Å². The molecule has 4 rings (SSSR count). The van der Waals surface area contributed by atoms with Crippen molar-refractivity contribution in [2.45, 2.75) is 45.7 Å². The van der Waals surface area contributed by atoms with E-state index in [4.69, 9.17) is 0 Å².